The van der Waals surface area contributed by atoms with Crippen molar-refractivity contribution in [3.8, 4) is 0 Å². The van der Waals surface area contributed by atoms with Crippen molar-refractivity contribution in [3.63, 3.8) is 0 Å². The first-order chi connectivity index (χ1) is 12.9. The van der Waals surface area contributed by atoms with E-state index in [0.29, 0.717) is 12.5 Å². The first-order valence-corrected chi connectivity index (χ1v) is 11.6. The van der Waals surface area contributed by atoms with E-state index in [4.69, 9.17) is 0 Å². The van der Waals surface area contributed by atoms with Gasteiger partial charge in [-0.1, -0.05) is 57.4 Å². The summed E-state index contributed by atoms with van der Waals surface area (Å²) < 4.78 is 25.8. The average Bonchev–Trinajstić information content (AvgIpc) is 2.66. The van der Waals surface area contributed by atoms with Gasteiger partial charge in [0.25, 0.3) is 0 Å². The monoisotopic (exact) mass is 396 g/mol. The number of nitrogens with zero attached hydrogens (tertiary/aromatic N) is 1. The van der Waals surface area contributed by atoms with Crippen LogP contribution < -0.4 is 15.4 Å². The first-order valence-electron chi connectivity index (χ1n) is 9.95. The molecular weight excluding hydrogens is 360 g/mol. The Hall–Kier alpha value is -1.60. The summed E-state index contributed by atoms with van der Waals surface area (Å²) in [5, 5.41) is 6.73. The Morgan fingerprint density at radius 2 is 1.89 bits per heavy atom. The summed E-state index contributed by atoms with van der Waals surface area (Å²) in [5.74, 6) is 1.44. The molecule has 0 aliphatic carbocycles. The van der Waals surface area contributed by atoms with Crippen LogP contribution in [-0.4, -0.2) is 34.5 Å². The molecule has 0 amide bonds. The lowest BCUT2D eigenvalue weighted by Crippen LogP contribution is -2.39. The fourth-order valence-corrected chi connectivity index (χ4v) is 3.57. The van der Waals surface area contributed by atoms with Crippen LogP contribution in [0.15, 0.2) is 29.3 Å². The van der Waals surface area contributed by atoms with E-state index < -0.39 is 10.0 Å². The van der Waals surface area contributed by atoms with Gasteiger partial charge in [-0.15, -0.1) is 0 Å². The number of benzene rings is 1. The van der Waals surface area contributed by atoms with Crippen LogP contribution in [0.3, 0.4) is 0 Å². The molecule has 0 aliphatic heterocycles. The van der Waals surface area contributed by atoms with Gasteiger partial charge in [0.05, 0.1) is 12.3 Å². The number of hydrogen-bond donors (Lipinski definition) is 3. The molecule has 0 spiro atoms. The van der Waals surface area contributed by atoms with Crippen LogP contribution in [0.25, 0.3) is 0 Å². The van der Waals surface area contributed by atoms with Gasteiger partial charge in [0.1, 0.15) is 0 Å². The Bertz CT molecular complexity index is 674. The number of sulfonamides is 1. The molecule has 1 aromatic carbocycles. The molecule has 0 radical (unpaired) electrons. The minimum Gasteiger partial charge on any atom is -0.357 e. The van der Waals surface area contributed by atoms with Gasteiger partial charge >= 0.3 is 0 Å². The van der Waals surface area contributed by atoms with E-state index in [1.54, 1.807) is 0 Å². The van der Waals surface area contributed by atoms with Crippen molar-refractivity contribution in [1.29, 1.82) is 0 Å². The van der Waals surface area contributed by atoms with Crippen molar-refractivity contribution in [2.24, 2.45) is 10.9 Å². The second-order valence-electron chi connectivity index (χ2n) is 6.78. The van der Waals surface area contributed by atoms with E-state index in [1.165, 1.54) is 26.3 Å². The number of rotatable bonds is 12. The van der Waals surface area contributed by atoms with Crippen LogP contribution in [0.4, 0.5) is 0 Å². The predicted molar refractivity (Wildman–Crippen MR) is 114 cm³/mol. The highest BCUT2D eigenvalue weighted by molar-refractivity contribution is 7.88. The highest BCUT2D eigenvalue weighted by atomic mass is 32.2. The predicted octanol–water partition coefficient (Wildman–Crippen LogP) is 3.01. The van der Waals surface area contributed by atoms with Crippen molar-refractivity contribution < 1.29 is 8.42 Å². The Kier molecular flexibility index (Phi) is 11.0. The quantitative estimate of drug-likeness (QED) is 0.375. The summed E-state index contributed by atoms with van der Waals surface area (Å²) in [5.41, 5.74) is 1.76. The zero-order chi connectivity index (χ0) is 20.1. The molecule has 0 fully saturated rings. The van der Waals surface area contributed by atoms with Crippen LogP contribution in [0.2, 0.25) is 0 Å². The number of aliphatic imine (C=N–C) groups is 1. The smallest absolute Gasteiger partial charge is 0.215 e. The molecule has 0 heterocycles. The molecule has 27 heavy (non-hydrogen) atoms. The zero-order valence-corrected chi connectivity index (χ0v) is 18.0. The van der Waals surface area contributed by atoms with Crippen LogP contribution >= 0.6 is 0 Å². The summed E-state index contributed by atoms with van der Waals surface area (Å²) in [6, 6.07) is 7.57. The molecule has 0 bridgehead atoms. The van der Waals surface area contributed by atoms with Crippen LogP contribution in [0.1, 0.15) is 57.6 Å². The number of hydrogen-bond acceptors (Lipinski definition) is 3. The standard InChI is InChI=1S/C20H36N4O2S/c1-5-8-10-17(6-2)14-23-20(22-7-3)24-15-18-11-9-12-19(13-18)16-27(25,26)21-4/h9,11-13,17,21H,5-8,10,14-16H2,1-4H3,(H2,22,23,24). The molecule has 1 rings (SSSR count). The second-order valence-corrected chi connectivity index (χ2v) is 8.70. The maximum Gasteiger partial charge on any atom is 0.215 e. The van der Waals surface area contributed by atoms with Crippen LogP contribution in [0.5, 0.6) is 0 Å². The van der Waals surface area contributed by atoms with Gasteiger partial charge in [0.2, 0.25) is 10.0 Å². The van der Waals surface area contributed by atoms with E-state index in [0.717, 1.165) is 36.6 Å². The van der Waals surface area contributed by atoms with Gasteiger partial charge in [-0.05, 0) is 37.4 Å². The third-order valence-electron chi connectivity index (χ3n) is 4.52. The van der Waals surface area contributed by atoms with Crippen molar-refractivity contribution in [3.05, 3.63) is 35.4 Å². The highest BCUT2D eigenvalue weighted by Gasteiger charge is 2.09. The Morgan fingerprint density at radius 1 is 1.15 bits per heavy atom. The summed E-state index contributed by atoms with van der Waals surface area (Å²) in [6.45, 7) is 8.74. The van der Waals surface area contributed by atoms with Crippen molar-refractivity contribution in [1.82, 2.24) is 15.4 Å². The van der Waals surface area contributed by atoms with Crippen LogP contribution in [-0.2, 0) is 22.3 Å². The molecule has 1 unspecified atom stereocenters. The summed E-state index contributed by atoms with van der Waals surface area (Å²) >= 11 is 0. The normalized spacial score (nSPS) is 13.4. The lowest BCUT2D eigenvalue weighted by Gasteiger charge is -2.18. The van der Waals surface area contributed by atoms with Crippen molar-refractivity contribution >= 4 is 16.0 Å². The minimum atomic E-state index is -3.27. The van der Waals surface area contributed by atoms with Crippen molar-refractivity contribution in [2.75, 3.05) is 20.1 Å². The molecule has 6 nitrogen and oxygen atoms in total. The molecule has 0 saturated heterocycles. The van der Waals surface area contributed by atoms with Crippen LogP contribution in [0, 0.1) is 5.92 Å². The Morgan fingerprint density at radius 3 is 2.52 bits per heavy atom. The molecule has 7 heteroatoms. The lowest BCUT2D eigenvalue weighted by atomic mass is 9.99. The summed E-state index contributed by atoms with van der Waals surface area (Å²) in [4.78, 5) is 4.66. The molecule has 1 atom stereocenters. The topological polar surface area (TPSA) is 82.6 Å². The zero-order valence-electron chi connectivity index (χ0n) is 17.2. The molecule has 1 aromatic rings. The van der Waals surface area contributed by atoms with Gasteiger partial charge in [-0.2, -0.15) is 0 Å². The van der Waals surface area contributed by atoms with Gasteiger partial charge in [-0.3, -0.25) is 0 Å². The third kappa shape index (κ3) is 9.77. The third-order valence-corrected chi connectivity index (χ3v) is 5.86. The minimum absolute atomic E-state index is 0.0189. The molecular formula is C20H36N4O2S. The average molecular weight is 397 g/mol. The van der Waals surface area contributed by atoms with E-state index >= 15 is 0 Å². The van der Waals surface area contributed by atoms with E-state index in [1.807, 2.05) is 24.3 Å². The fourth-order valence-electron chi connectivity index (χ4n) is 2.81. The largest absolute Gasteiger partial charge is 0.357 e. The molecule has 0 saturated carbocycles. The Balaban J connectivity index is 2.71. The molecule has 0 aliphatic rings. The number of guanidine groups is 1. The van der Waals surface area contributed by atoms with Gasteiger partial charge in [0, 0.05) is 13.1 Å². The summed E-state index contributed by atoms with van der Waals surface area (Å²) in [7, 11) is -1.84. The van der Waals surface area contributed by atoms with E-state index in [2.05, 4.69) is 41.1 Å². The van der Waals surface area contributed by atoms with E-state index in [-0.39, 0.29) is 5.75 Å². The SMILES string of the molecule is CCCCC(CC)CNC(=NCc1cccc(CS(=O)(=O)NC)c1)NCC. The fraction of sp³-hybridized carbons (Fsp3) is 0.650. The molecule has 154 valence electrons. The molecule has 3 N–H and O–H groups in total. The highest BCUT2D eigenvalue weighted by Crippen LogP contribution is 2.12. The maximum absolute atomic E-state index is 11.7. The van der Waals surface area contributed by atoms with Gasteiger partial charge < -0.3 is 10.6 Å². The second kappa shape index (κ2) is 12.7. The maximum atomic E-state index is 11.7. The van der Waals surface area contributed by atoms with E-state index in [9.17, 15) is 8.42 Å². The summed E-state index contributed by atoms with van der Waals surface area (Å²) in [6.07, 6.45) is 4.89. The number of unbranched alkanes of at least 4 members (excludes halogenated alkanes) is 1. The lowest BCUT2D eigenvalue weighted by molar-refractivity contribution is 0.443. The van der Waals surface area contributed by atoms with Crippen molar-refractivity contribution in [2.45, 2.75) is 58.8 Å². The molecule has 0 aromatic heterocycles. The Labute approximate surface area is 165 Å². The van der Waals surface area contributed by atoms with Gasteiger partial charge in [0.15, 0.2) is 5.96 Å². The number of nitrogens with one attached hydrogen (secondary N) is 3. The first kappa shape index (κ1) is 23.4. The van der Waals surface area contributed by atoms with Gasteiger partial charge in [-0.25, -0.2) is 18.1 Å².